The van der Waals surface area contributed by atoms with Crippen LogP contribution in [-0.2, 0) is 10.8 Å². The first-order valence-corrected chi connectivity index (χ1v) is 30.5. The van der Waals surface area contributed by atoms with Crippen molar-refractivity contribution in [2.75, 3.05) is 0 Å². The van der Waals surface area contributed by atoms with E-state index >= 15 is 0 Å². The number of benzene rings is 7. The molecule has 9 rings (SSSR count). The Hall–Kier alpha value is -4.94. The Labute approximate surface area is 445 Å². The van der Waals surface area contributed by atoms with Crippen LogP contribution in [0, 0.1) is 0 Å². The molecule has 2 aliphatic carbocycles. The zero-order valence-corrected chi connectivity index (χ0v) is 46.8. The molecule has 7 aromatic carbocycles. The molecule has 0 fully saturated rings. The van der Waals surface area contributed by atoms with E-state index in [2.05, 4.69) is 161 Å². The summed E-state index contributed by atoms with van der Waals surface area (Å²) >= 11 is 0. The molecule has 0 heteroatoms. The fourth-order valence-electron chi connectivity index (χ4n) is 14.0. The highest BCUT2D eigenvalue weighted by molar-refractivity contribution is 6.21. The van der Waals surface area contributed by atoms with E-state index in [9.17, 15) is 0 Å². The number of hydrogen-bond donors (Lipinski definition) is 0. The fraction of sp³-hybridized carbons (Fsp3) is 0.479. The summed E-state index contributed by atoms with van der Waals surface area (Å²) in [5, 5.41) is 5.47. The van der Waals surface area contributed by atoms with Gasteiger partial charge in [-0.15, -0.1) is 0 Å². The van der Waals surface area contributed by atoms with Crippen LogP contribution in [0.3, 0.4) is 0 Å². The Kier molecular flexibility index (Phi) is 20.1. The van der Waals surface area contributed by atoms with E-state index in [4.69, 9.17) is 0 Å². The van der Waals surface area contributed by atoms with Gasteiger partial charge < -0.3 is 0 Å². The minimum absolute atomic E-state index is 0.0446. The second-order valence-electron chi connectivity index (χ2n) is 22.3. The number of fused-ring (bicyclic) bond motifs is 8. The molecule has 0 aromatic heterocycles. The predicted octanol–water partition coefficient (Wildman–Crippen LogP) is 23.5. The minimum atomic E-state index is 0.0446. The maximum absolute atomic E-state index is 2.70. The van der Waals surface area contributed by atoms with Crippen molar-refractivity contribution in [1.29, 1.82) is 0 Å². The molecule has 73 heavy (non-hydrogen) atoms. The third-order valence-electron chi connectivity index (χ3n) is 17.6. The van der Waals surface area contributed by atoms with E-state index in [-0.39, 0.29) is 10.8 Å². The molecular formula is C73H94. The van der Waals surface area contributed by atoms with Gasteiger partial charge in [-0.3, -0.25) is 0 Å². The van der Waals surface area contributed by atoms with Crippen molar-refractivity contribution in [3.8, 4) is 44.5 Å². The number of hydrogen-bond acceptors (Lipinski definition) is 0. The van der Waals surface area contributed by atoms with Gasteiger partial charge in [-0.1, -0.05) is 311 Å². The van der Waals surface area contributed by atoms with Gasteiger partial charge in [0.15, 0.2) is 0 Å². The topological polar surface area (TPSA) is 0 Å². The SMILES string of the molecule is CC.CCCCCCCCC1(CCCCCCC)c2ccccc2-c2ccc(-c3c4ccccc4c(-c4ccc5c(c4)C(CCCCCCCC)(CCCCCCCC)c4ccccc4-5)c4ccccc34)cc21. The summed E-state index contributed by atoms with van der Waals surface area (Å²) in [6.45, 7) is 13.4. The maximum Gasteiger partial charge on any atom is 0.0215 e. The zero-order chi connectivity index (χ0) is 50.9. The summed E-state index contributed by atoms with van der Waals surface area (Å²) in [6, 6.07) is 53.4. The lowest BCUT2D eigenvalue weighted by Crippen LogP contribution is -2.25. The molecule has 0 bridgehead atoms. The third kappa shape index (κ3) is 11.7. The molecule has 0 spiro atoms. The van der Waals surface area contributed by atoms with Crippen LogP contribution < -0.4 is 0 Å². The van der Waals surface area contributed by atoms with Crippen LogP contribution in [0.15, 0.2) is 133 Å². The van der Waals surface area contributed by atoms with Gasteiger partial charge in [-0.2, -0.15) is 0 Å². The standard InChI is InChI=1S/C71H88.C2H6/c1-5-9-13-17-21-33-49-70(48-32-20-16-12-8-4)64-42-30-28-36-56(64)58-46-44-54(52-66(58)70)68-60-38-24-26-40-62(60)69(63-41-27-25-39-61(63)68)55-45-47-59-57-37-29-31-43-65(57)71(67(59)53-55,50-34-22-18-14-10-6-2)51-35-23-19-15-11-7-3;1-2/h24-31,36-47,52-53H,5-23,32-35,48-51H2,1-4H3;1-2H3. The summed E-state index contributed by atoms with van der Waals surface area (Å²) in [6.07, 6.45) is 35.6. The van der Waals surface area contributed by atoms with Gasteiger partial charge in [-0.25, -0.2) is 0 Å². The Morgan fingerprint density at radius 2 is 0.521 bits per heavy atom. The molecule has 0 saturated carbocycles. The predicted molar refractivity (Wildman–Crippen MR) is 323 cm³/mol. The van der Waals surface area contributed by atoms with E-state index in [0.717, 1.165) is 0 Å². The van der Waals surface area contributed by atoms with Crippen LogP contribution in [0.25, 0.3) is 66.1 Å². The van der Waals surface area contributed by atoms with Gasteiger partial charge in [0.05, 0.1) is 0 Å². The molecule has 0 aliphatic heterocycles. The molecule has 0 radical (unpaired) electrons. The maximum atomic E-state index is 2.70. The molecule has 0 saturated heterocycles. The van der Waals surface area contributed by atoms with Crippen molar-refractivity contribution in [1.82, 2.24) is 0 Å². The molecule has 1 atom stereocenters. The Balaban J connectivity index is 0.00000351. The average Bonchev–Trinajstić information content (AvgIpc) is 3.86. The highest BCUT2D eigenvalue weighted by atomic mass is 14.5. The van der Waals surface area contributed by atoms with Crippen molar-refractivity contribution in [2.45, 2.75) is 226 Å². The van der Waals surface area contributed by atoms with Crippen LogP contribution in [-0.4, -0.2) is 0 Å². The quantitative estimate of drug-likeness (QED) is 0.0324. The van der Waals surface area contributed by atoms with Gasteiger partial charge in [0.25, 0.3) is 0 Å². The van der Waals surface area contributed by atoms with E-state index < -0.39 is 0 Å². The first-order chi connectivity index (χ1) is 36.1. The second-order valence-corrected chi connectivity index (χ2v) is 22.3. The first kappa shape index (κ1) is 54.3. The van der Waals surface area contributed by atoms with Crippen molar-refractivity contribution in [3.63, 3.8) is 0 Å². The van der Waals surface area contributed by atoms with E-state index in [1.54, 1.807) is 22.3 Å². The lowest BCUT2D eigenvalue weighted by Gasteiger charge is -2.33. The van der Waals surface area contributed by atoms with Crippen LogP contribution in [0.2, 0.25) is 0 Å². The zero-order valence-electron chi connectivity index (χ0n) is 46.8. The third-order valence-corrected chi connectivity index (χ3v) is 17.6. The van der Waals surface area contributed by atoms with Crippen LogP contribution in [0.1, 0.15) is 237 Å². The monoisotopic (exact) mass is 971 g/mol. The van der Waals surface area contributed by atoms with E-state index in [0.29, 0.717) is 0 Å². The Morgan fingerprint density at radius 3 is 0.836 bits per heavy atom. The first-order valence-electron chi connectivity index (χ1n) is 30.5. The highest BCUT2D eigenvalue weighted by Gasteiger charge is 2.44. The number of unbranched alkanes of at least 4 members (excludes halogenated alkanes) is 19. The van der Waals surface area contributed by atoms with Gasteiger partial charge in [0.1, 0.15) is 0 Å². The molecule has 0 nitrogen and oxygen atoms in total. The van der Waals surface area contributed by atoms with E-state index in [1.807, 2.05) is 13.8 Å². The largest absolute Gasteiger partial charge is 0.0683 e. The molecule has 0 heterocycles. The van der Waals surface area contributed by atoms with Crippen molar-refractivity contribution in [2.24, 2.45) is 0 Å². The van der Waals surface area contributed by atoms with Crippen molar-refractivity contribution in [3.05, 3.63) is 156 Å². The normalized spacial score (nSPS) is 15.0. The van der Waals surface area contributed by atoms with Crippen molar-refractivity contribution >= 4 is 21.5 Å². The molecule has 1 unspecified atom stereocenters. The molecule has 7 aromatic rings. The molecule has 0 N–H and O–H groups in total. The lowest BCUT2D eigenvalue weighted by molar-refractivity contribution is 0.398. The fourth-order valence-corrected chi connectivity index (χ4v) is 14.0. The summed E-state index contributed by atoms with van der Waals surface area (Å²) < 4.78 is 0. The minimum Gasteiger partial charge on any atom is -0.0683 e. The van der Waals surface area contributed by atoms with Crippen LogP contribution >= 0.6 is 0 Å². The summed E-state index contributed by atoms with van der Waals surface area (Å²) in [5.41, 5.74) is 17.9. The molecule has 2 aliphatic rings. The smallest absolute Gasteiger partial charge is 0.0215 e. The van der Waals surface area contributed by atoms with Gasteiger partial charge in [0, 0.05) is 10.8 Å². The summed E-state index contributed by atoms with van der Waals surface area (Å²) in [5.74, 6) is 0. The summed E-state index contributed by atoms with van der Waals surface area (Å²) in [4.78, 5) is 0. The lowest BCUT2D eigenvalue weighted by atomic mass is 9.70. The number of rotatable bonds is 29. The van der Waals surface area contributed by atoms with Gasteiger partial charge in [0.2, 0.25) is 0 Å². The highest BCUT2D eigenvalue weighted by Crippen LogP contribution is 2.58. The van der Waals surface area contributed by atoms with E-state index in [1.165, 1.54) is 239 Å². The van der Waals surface area contributed by atoms with Crippen molar-refractivity contribution < 1.29 is 0 Å². The molecular weight excluding hydrogens is 877 g/mol. The van der Waals surface area contributed by atoms with Crippen LogP contribution in [0.5, 0.6) is 0 Å². The average molecular weight is 972 g/mol. The second kappa shape index (κ2) is 27.0. The van der Waals surface area contributed by atoms with Crippen LogP contribution in [0.4, 0.5) is 0 Å². The van der Waals surface area contributed by atoms with Gasteiger partial charge in [-0.05, 0) is 126 Å². The summed E-state index contributed by atoms with van der Waals surface area (Å²) in [7, 11) is 0. The van der Waals surface area contributed by atoms with Gasteiger partial charge >= 0.3 is 0 Å². The molecule has 0 amide bonds. The Morgan fingerprint density at radius 1 is 0.260 bits per heavy atom. The Bertz CT molecular complexity index is 2740. The molecule has 386 valence electrons.